The lowest BCUT2D eigenvalue weighted by atomic mass is 10.1. The van der Waals surface area contributed by atoms with Crippen molar-refractivity contribution < 1.29 is 9.47 Å². The lowest BCUT2D eigenvalue weighted by molar-refractivity contribution is 0.414. The fourth-order valence-corrected chi connectivity index (χ4v) is 3.17. The van der Waals surface area contributed by atoms with Gasteiger partial charge in [0.15, 0.2) is 0 Å². The summed E-state index contributed by atoms with van der Waals surface area (Å²) in [6.45, 7) is 1.59. The van der Waals surface area contributed by atoms with Crippen LogP contribution in [0.2, 0.25) is 0 Å². The first kappa shape index (κ1) is 23.2. The Morgan fingerprint density at radius 2 is 1.03 bits per heavy atom. The summed E-state index contributed by atoms with van der Waals surface area (Å²) in [5.41, 5.74) is 1.90. The van der Waals surface area contributed by atoms with Crippen LogP contribution < -0.4 is 20.1 Å². The number of nitrogens with one attached hydrogen (secondary N) is 2. The fourth-order valence-electron chi connectivity index (χ4n) is 3.17. The minimum absolute atomic E-state index is 0.307. The van der Waals surface area contributed by atoms with Crippen LogP contribution in [0, 0.1) is 22.7 Å². The molecule has 2 atom stereocenters. The van der Waals surface area contributed by atoms with E-state index in [4.69, 9.17) is 9.47 Å². The van der Waals surface area contributed by atoms with Crippen molar-refractivity contribution in [3.63, 3.8) is 0 Å². The van der Waals surface area contributed by atoms with Gasteiger partial charge < -0.3 is 9.47 Å². The molecule has 0 saturated carbocycles. The van der Waals surface area contributed by atoms with Crippen molar-refractivity contribution >= 4 is 0 Å². The maximum absolute atomic E-state index is 9.39. The summed E-state index contributed by atoms with van der Waals surface area (Å²) in [5, 5.41) is 25.4. The van der Waals surface area contributed by atoms with Crippen molar-refractivity contribution in [1.82, 2.24) is 10.6 Å². The summed E-state index contributed by atoms with van der Waals surface area (Å²) >= 11 is 0. The molecule has 2 aromatic carbocycles. The van der Waals surface area contributed by atoms with E-state index in [-0.39, 0.29) is 12.1 Å². The zero-order valence-corrected chi connectivity index (χ0v) is 17.7. The Kier molecular flexibility index (Phi) is 10.2. The van der Waals surface area contributed by atoms with Gasteiger partial charge in [-0.1, -0.05) is 37.1 Å². The second kappa shape index (κ2) is 13.2. The first-order chi connectivity index (χ1) is 14.7. The van der Waals surface area contributed by atoms with Gasteiger partial charge in [0, 0.05) is 0 Å². The Balaban J connectivity index is 1.60. The summed E-state index contributed by atoms with van der Waals surface area (Å²) in [7, 11) is 3.26. The molecule has 0 unspecified atom stereocenters. The van der Waals surface area contributed by atoms with E-state index < -0.39 is 0 Å². The number of ether oxygens (including phenoxy) is 2. The third-order valence-electron chi connectivity index (χ3n) is 4.96. The van der Waals surface area contributed by atoms with Crippen molar-refractivity contribution in [2.75, 3.05) is 27.3 Å². The Hall–Kier alpha value is -3.06. The van der Waals surface area contributed by atoms with Gasteiger partial charge in [-0.05, 0) is 61.3 Å². The Bertz CT molecular complexity index is 751. The highest BCUT2D eigenvalue weighted by Crippen LogP contribution is 2.18. The van der Waals surface area contributed by atoms with Crippen LogP contribution in [-0.4, -0.2) is 27.3 Å². The zero-order valence-electron chi connectivity index (χ0n) is 17.7. The normalized spacial score (nSPS) is 12.4. The molecule has 0 aliphatic carbocycles. The summed E-state index contributed by atoms with van der Waals surface area (Å²) < 4.78 is 10.3. The van der Waals surface area contributed by atoms with E-state index in [1.54, 1.807) is 14.2 Å². The second-order valence-corrected chi connectivity index (χ2v) is 6.99. The highest BCUT2D eigenvalue weighted by atomic mass is 16.5. The summed E-state index contributed by atoms with van der Waals surface area (Å²) in [6.07, 6.45) is 4.17. The third kappa shape index (κ3) is 7.40. The first-order valence-electron chi connectivity index (χ1n) is 10.3. The van der Waals surface area contributed by atoms with E-state index in [0.29, 0.717) is 0 Å². The van der Waals surface area contributed by atoms with Crippen molar-refractivity contribution in [2.45, 2.75) is 37.8 Å². The Labute approximate surface area is 179 Å². The average molecular weight is 407 g/mol. The number of rotatable bonds is 13. The van der Waals surface area contributed by atoms with E-state index in [2.05, 4.69) is 22.8 Å². The molecule has 0 aliphatic rings. The fraction of sp³-hybridized carbons (Fsp3) is 0.417. The van der Waals surface area contributed by atoms with E-state index in [0.717, 1.165) is 61.4 Å². The van der Waals surface area contributed by atoms with Gasteiger partial charge in [-0.2, -0.15) is 10.5 Å². The number of hydrogen-bond acceptors (Lipinski definition) is 6. The van der Waals surface area contributed by atoms with Gasteiger partial charge in [0.05, 0.1) is 26.4 Å². The van der Waals surface area contributed by atoms with Crippen molar-refractivity contribution in [1.29, 1.82) is 10.5 Å². The van der Waals surface area contributed by atoms with Gasteiger partial charge in [-0.25, -0.2) is 0 Å². The number of hydrogen-bond donors (Lipinski definition) is 2. The molecule has 0 spiro atoms. The van der Waals surface area contributed by atoms with Crippen LogP contribution in [-0.2, 0) is 0 Å². The lowest BCUT2D eigenvalue weighted by Gasteiger charge is -2.13. The molecular weight excluding hydrogens is 376 g/mol. The number of nitriles is 2. The van der Waals surface area contributed by atoms with Gasteiger partial charge in [0.1, 0.15) is 23.6 Å². The maximum Gasteiger partial charge on any atom is 0.121 e. The first-order valence-corrected chi connectivity index (χ1v) is 10.3. The van der Waals surface area contributed by atoms with Crippen LogP contribution >= 0.6 is 0 Å². The predicted octanol–water partition coefficient (Wildman–Crippen LogP) is 4.27. The zero-order chi connectivity index (χ0) is 21.6. The van der Waals surface area contributed by atoms with Crippen LogP contribution in [0.15, 0.2) is 48.5 Å². The maximum atomic E-state index is 9.39. The predicted molar refractivity (Wildman–Crippen MR) is 117 cm³/mol. The SMILES string of the molecule is COc1ccc([C@H](C#N)NCCCCCCN[C@@H](C#N)c2ccc(OC)cc2)cc1. The smallest absolute Gasteiger partial charge is 0.121 e. The molecule has 0 saturated heterocycles. The Morgan fingerprint density at radius 1 is 0.667 bits per heavy atom. The molecule has 6 nitrogen and oxygen atoms in total. The summed E-state index contributed by atoms with van der Waals surface area (Å²) in [6, 6.07) is 19.1. The Morgan fingerprint density at radius 3 is 1.33 bits per heavy atom. The van der Waals surface area contributed by atoms with Crippen molar-refractivity contribution in [2.24, 2.45) is 0 Å². The van der Waals surface area contributed by atoms with E-state index in [1.165, 1.54) is 0 Å². The topological polar surface area (TPSA) is 90.1 Å². The molecule has 0 aromatic heterocycles. The number of benzene rings is 2. The van der Waals surface area contributed by atoms with Gasteiger partial charge >= 0.3 is 0 Å². The molecule has 0 radical (unpaired) electrons. The molecule has 0 aliphatic heterocycles. The van der Waals surface area contributed by atoms with Crippen LogP contribution in [0.25, 0.3) is 0 Å². The quantitative estimate of drug-likeness (QED) is 0.483. The van der Waals surface area contributed by atoms with E-state index in [9.17, 15) is 10.5 Å². The van der Waals surface area contributed by atoms with Gasteiger partial charge in [0.2, 0.25) is 0 Å². The lowest BCUT2D eigenvalue weighted by Crippen LogP contribution is -2.22. The molecule has 0 bridgehead atoms. The second-order valence-electron chi connectivity index (χ2n) is 6.99. The van der Waals surface area contributed by atoms with Gasteiger partial charge in [-0.3, -0.25) is 10.6 Å². The molecule has 158 valence electrons. The van der Waals surface area contributed by atoms with Gasteiger partial charge in [-0.15, -0.1) is 0 Å². The van der Waals surface area contributed by atoms with Crippen LogP contribution in [0.3, 0.4) is 0 Å². The van der Waals surface area contributed by atoms with Crippen LogP contribution in [0.4, 0.5) is 0 Å². The molecular formula is C24H30N4O2. The summed E-state index contributed by atoms with van der Waals surface area (Å²) in [4.78, 5) is 0. The minimum Gasteiger partial charge on any atom is -0.497 e. The summed E-state index contributed by atoms with van der Waals surface area (Å²) in [5.74, 6) is 1.57. The number of methoxy groups -OCH3 is 2. The number of nitrogens with zero attached hydrogens (tertiary/aromatic N) is 2. The molecule has 0 heterocycles. The minimum atomic E-state index is -0.307. The molecule has 2 rings (SSSR count). The van der Waals surface area contributed by atoms with Crippen LogP contribution in [0.1, 0.15) is 48.9 Å². The highest BCUT2D eigenvalue weighted by molar-refractivity contribution is 5.32. The van der Waals surface area contributed by atoms with E-state index >= 15 is 0 Å². The number of unbranched alkanes of at least 4 members (excludes halogenated alkanes) is 3. The van der Waals surface area contributed by atoms with Crippen molar-refractivity contribution in [3.8, 4) is 23.6 Å². The average Bonchev–Trinajstić information content (AvgIpc) is 2.81. The van der Waals surface area contributed by atoms with Crippen molar-refractivity contribution in [3.05, 3.63) is 59.7 Å². The largest absolute Gasteiger partial charge is 0.497 e. The standard InChI is InChI=1S/C24H30N4O2/c1-29-21-11-7-19(8-12-21)23(17-25)27-15-5-3-4-6-16-28-24(18-26)20-9-13-22(30-2)14-10-20/h7-14,23-24,27-28H,3-6,15-16H2,1-2H3/t23-,24-/m0/s1. The molecule has 2 aromatic rings. The molecule has 6 heteroatoms. The van der Waals surface area contributed by atoms with Crippen LogP contribution in [0.5, 0.6) is 11.5 Å². The molecule has 0 fully saturated rings. The van der Waals surface area contributed by atoms with E-state index in [1.807, 2.05) is 48.5 Å². The molecule has 2 N–H and O–H groups in total. The molecule has 30 heavy (non-hydrogen) atoms. The third-order valence-corrected chi connectivity index (χ3v) is 4.96. The molecule has 0 amide bonds. The highest BCUT2D eigenvalue weighted by Gasteiger charge is 2.10. The monoisotopic (exact) mass is 406 g/mol. The van der Waals surface area contributed by atoms with Gasteiger partial charge in [0.25, 0.3) is 0 Å².